The summed E-state index contributed by atoms with van der Waals surface area (Å²) in [6.45, 7) is 0. The Labute approximate surface area is 99.3 Å². The molecule has 3 nitrogen and oxygen atoms in total. The van der Waals surface area contributed by atoms with Crippen LogP contribution in [0.1, 0.15) is 12.8 Å². The average molecular weight is 233 g/mol. The normalized spacial score (nSPS) is 17.8. The van der Waals surface area contributed by atoms with Crippen LogP contribution in [0.3, 0.4) is 0 Å². The maximum atomic E-state index is 4.29. The first-order valence-electron chi connectivity index (χ1n) is 5.70. The van der Waals surface area contributed by atoms with E-state index in [-0.39, 0.29) is 0 Å². The van der Waals surface area contributed by atoms with Crippen LogP contribution in [0.2, 0.25) is 0 Å². The van der Waals surface area contributed by atoms with Crippen molar-refractivity contribution in [1.82, 2.24) is 9.38 Å². The van der Waals surface area contributed by atoms with E-state index in [9.17, 15) is 0 Å². The summed E-state index contributed by atoms with van der Waals surface area (Å²) in [6, 6.07) is 6.83. The maximum absolute atomic E-state index is 4.29. The molecular weight excluding hydrogens is 218 g/mol. The van der Waals surface area contributed by atoms with Crippen molar-refractivity contribution in [3.63, 3.8) is 0 Å². The molecule has 3 heterocycles. The minimum absolute atomic E-state index is 0.620. The SMILES string of the molecule is c1cc(NC2CCSCC2)n2ccnc2c1. The summed E-state index contributed by atoms with van der Waals surface area (Å²) < 4.78 is 2.11. The van der Waals surface area contributed by atoms with E-state index in [2.05, 4.69) is 38.6 Å². The molecule has 1 aliphatic rings. The summed E-state index contributed by atoms with van der Waals surface area (Å²) in [5, 5.41) is 3.62. The van der Waals surface area contributed by atoms with E-state index in [0.717, 1.165) is 11.5 Å². The lowest BCUT2D eigenvalue weighted by Gasteiger charge is -2.23. The average Bonchev–Trinajstić information content (AvgIpc) is 2.80. The molecule has 4 heteroatoms. The number of aromatic nitrogens is 2. The number of rotatable bonds is 2. The molecule has 0 bridgehead atoms. The van der Waals surface area contributed by atoms with Crippen LogP contribution in [0.5, 0.6) is 0 Å². The number of thioether (sulfide) groups is 1. The Hall–Kier alpha value is -1.16. The number of hydrogen-bond donors (Lipinski definition) is 1. The maximum Gasteiger partial charge on any atom is 0.138 e. The second-order valence-corrected chi connectivity index (χ2v) is 5.32. The Morgan fingerprint density at radius 1 is 1.31 bits per heavy atom. The van der Waals surface area contributed by atoms with Crippen LogP contribution in [0.15, 0.2) is 30.6 Å². The summed E-state index contributed by atoms with van der Waals surface area (Å²) in [5.41, 5.74) is 1.01. The molecule has 0 aliphatic carbocycles. The van der Waals surface area contributed by atoms with E-state index < -0.39 is 0 Å². The molecule has 0 atom stereocenters. The highest BCUT2D eigenvalue weighted by molar-refractivity contribution is 7.99. The molecule has 16 heavy (non-hydrogen) atoms. The molecule has 1 saturated heterocycles. The zero-order valence-corrected chi connectivity index (χ0v) is 9.91. The van der Waals surface area contributed by atoms with Gasteiger partial charge in [-0.3, -0.25) is 4.40 Å². The Morgan fingerprint density at radius 2 is 2.19 bits per heavy atom. The second kappa shape index (κ2) is 4.37. The Bertz CT molecular complexity index is 474. The Balaban J connectivity index is 1.85. The highest BCUT2D eigenvalue weighted by Gasteiger charge is 2.14. The van der Waals surface area contributed by atoms with Gasteiger partial charge < -0.3 is 5.32 Å². The van der Waals surface area contributed by atoms with E-state index in [1.54, 1.807) is 0 Å². The predicted molar refractivity (Wildman–Crippen MR) is 69.2 cm³/mol. The molecule has 0 aromatic carbocycles. The minimum Gasteiger partial charge on any atom is -0.368 e. The first-order valence-corrected chi connectivity index (χ1v) is 6.85. The van der Waals surface area contributed by atoms with Crippen molar-refractivity contribution in [2.75, 3.05) is 16.8 Å². The van der Waals surface area contributed by atoms with Crippen LogP contribution in [-0.2, 0) is 0 Å². The molecule has 2 aromatic heterocycles. The number of nitrogens with zero attached hydrogens (tertiary/aromatic N) is 2. The van der Waals surface area contributed by atoms with Gasteiger partial charge in [0.25, 0.3) is 0 Å². The van der Waals surface area contributed by atoms with Crippen LogP contribution in [0.4, 0.5) is 5.82 Å². The molecule has 0 amide bonds. The molecule has 0 spiro atoms. The van der Waals surface area contributed by atoms with Crippen LogP contribution in [0.25, 0.3) is 5.65 Å². The van der Waals surface area contributed by atoms with Crippen molar-refractivity contribution in [1.29, 1.82) is 0 Å². The Morgan fingerprint density at radius 3 is 3.06 bits per heavy atom. The van der Waals surface area contributed by atoms with Crippen molar-refractivity contribution in [3.8, 4) is 0 Å². The van der Waals surface area contributed by atoms with Gasteiger partial charge in [0.05, 0.1) is 0 Å². The number of fused-ring (bicyclic) bond motifs is 1. The lowest BCUT2D eigenvalue weighted by Crippen LogP contribution is -2.25. The largest absolute Gasteiger partial charge is 0.368 e. The van der Waals surface area contributed by atoms with Gasteiger partial charge in [0.1, 0.15) is 11.5 Å². The van der Waals surface area contributed by atoms with Gasteiger partial charge in [0.2, 0.25) is 0 Å². The summed E-state index contributed by atoms with van der Waals surface area (Å²) in [6.07, 6.45) is 6.37. The van der Waals surface area contributed by atoms with E-state index in [1.807, 2.05) is 18.5 Å². The first-order chi connectivity index (χ1) is 7.93. The van der Waals surface area contributed by atoms with Gasteiger partial charge in [0, 0.05) is 18.4 Å². The fraction of sp³-hybridized carbons (Fsp3) is 0.417. The summed E-state index contributed by atoms with van der Waals surface area (Å²) in [5.74, 6) is 3.71. The van der Waals surface area contributed by atoms with Gasteiger partial charge in [-0.1, -0.05) is 6.07 Å². The molecule has 1 aliphatic heterocycles. The third kappa shape index (κ3) is 1.89. The van der Waals surface area contributed by atoms with Gasteiger partial charge in [-0.15, -0.1) is 0 Å². The van der Waals surface area contributed by atoms with Gasteiger partial charge in [-0.05, 0) is 36.5 Å². The van der Waals surface area contributed by atoms with E-state index in [0.29, 0.717) is 6.04 Å². The van der Waals surface area contributed by atoms with Crippen LogP contribution < -0.4 is 5.32 Å². The lowest BCUT2D eigenvalue weighted by molar-refractivity contribution is 0.662. The molecule has 1 N–H and O–H groups in total. The smallest absolute Gasteiger partial charge is 0.138 e. The zero-order valence-electron chi connectivity index (χ0n) is 9.10. The molecule has 84 valence electrons. The van der Waals surface area contributed by atoms with Crippen molar-refractivity contribution in [2.45, 2.75) is 18.9 Å². The van der Waals surface area contributed by atoms with E-state index >= 15 is 0 Å². The molecule has 1 fully saturated rings. The van der Waals surface area contributed by atoms with E-state index in [1.165, 1.54) is 24.3 Å². The van der Waals surface area contributed by atoms with Crippen LogP contribution >= 0.6 is 11.8 Å². The highest BCUT2D eigenvalue weighted by atomic mass is 32.2. The van der Waals surface area contributed by atoms with Crippen molar-refractivity contribution in [3.05, 3.63) is 30.6 Å². The monoisotopic (exact) mass is 233 g/mol. The summed E-state index contributed by atoms with van der Waals surface area (Å²) in [7, 11) is 0. The predicted octanol–water partition coefficient (Wildman–Crippen LogP) is 2.64. The number of pyridine rings is 1. The molecule has 0 radical (unpaired) electrons. The van der Waals surface area contributed by atoms with Crippen LogP contribution in [-0.4, -0.2) is 26.9 Å². The van der Waals surface area contributed by atoms with Gasteiger partial charge in [0.15, 0.2) is 0 Å². The van der Waals surface area contributed by atoms with Crippen molar-refractivity contribution >= 4 is 23.2 Å². The van der Waals surface area contributed by atoms with Gasteiger partial charge in [-0.25, -0.2) is 4.98 Å². The molecule has 3 rings (SSSR count). The summed E-state index contributed by atoms with van der Waals surface area (Å²) in [4.78, 5) is 4.29. The van der Waals surface area contributed by atoms with Crippen molar-refractivity contribution < 1.29 is 0 Å². The van der Waals surface area contributed by atoms with Gasteiger partial charge in [-0.2, -0.15) is 11.8 Å². The third-order valence-corrected chi connectivity index (χ3v) is 4.05. The lowest BCUT2D eigenvalue weighted by atomic mass is 10.1. The molecular formula is C12H15N3S. The standard InChI is InChI=1S/C12H15N3S/c1-2-11-13-6-7-15(11)12(3-1)14-10-4-8-16-9-5-10/h1-3,6-7,10,14H,4-5,8-9H2. The first kappa shape index (κ1) is 10.0. The Kier molecular flexibility index (Phi) is 2.74. The fourth-order valence-corrected chi connectivity index (χ4v) is 3.22. The third-order valence-electron chi connectivity index (χ3n) is 3.00. The highest BCUT2D eigenvalue weighted by Crippen LogP contribution is 2.21. The second-order valence-electron chi connectivity index (χ2n) is 4.10. The number of hydrogen-bond acceptors (Lipinski definition) is 3. The quantitative estimate of drug-likeness (QED) is 0.864. The van der Waals surface area contributed by atoms with Crippen LogP contribution in [0, 0.1) is 0 Å². The fourth-order valence-electron chi connectivity index (χ4n) is 2.12. The van der Waals surface area contributed by atoms with E-state index in [4.69, 9.17) is 0 Å². The number of anilines is 1. The molecule has 0 saturated carbocycles. The minimum atomic E-state index is 0.620. The summed E-state index contributed by atoms with van der Waals surface area (Å²) >= 11 is 2.06. The van der Waals surface area contributed by atoms with Crippen molar-refractivity contribution in [2.24, 2.45) is 0 Å². The number of nitrogens with one attached hydrogen (secondary N) is 1. The number of imidazole rings is 1. The van der Waals surface area contributed by atoms with Gasteiger partial charge >= 0.3 is 0 Å². The molecule has 2 aromatic rings. The topological polar surface area (TPSA) is 29.3 Å². The molecule has 0 unspecified atom stereocenters. The zero-order chi connectivity index (χ0) is 10.8.